The largest absolute Gasteiger partial charge is 0.161 e. The van der Waals surface area contributed by atoms with Crippen molar-refractivity contribution in [2.75, 3.05) is 6.26 Å². The summed E-state index contributed by atoms with van der Waals surface area (Å²) in [4.78, 5) is 0. The predicted octanol–water partition coefficient (Wildman–Crippen LogP) is 4.59. The van der Waals surface area contributed by atoms with Crippen LogP contribution in [0.5, 0.6) is 0 Å². The SMILES string of the molecule is CCCC1CC(C2CCC2)C(C)C1SC. The van der Waals surface area contributed by atoms with Crippen LogP contribution in [-0.2, 0) is 0 Å². The van der Waals surface area contributed by atoms with Gasteiger partial charge >= 0.3 is 0 Å². The van der Waals surface area contributed by atoms with Crippen molar-refractivity contribution in [1.29, 1.82) is 0 Å². The highest BCUT2D eigenvalue weighted by atomic mass is 32.2. The van der Waals surface area contributed by atoms with E-state index in [1.807, 2.05) is 0 Å². The van der Waals surface area contributed by atoms with E-state index in [4.69, 9.17) is 0 Å². The molecule has 0 aromatic rings. The molecule has 4 unspecified atom stereocenters. The van der Waals surface area contributed by atoms with E-state index in [2.05, 4.69) is 31.9 Å². The molecular weight excluding hydrogens is 200 g/mol. The molecule has 2 aliphatic carbocycles. The first kappa shape index (κ1) is 11.8. The average molecular weight is 226 g/mol. The van der Waals surface area contributed by atoms with Gasteiger partial charge < -0.3 is 0 Å². The summed E-state index contributed by atoms with van der Waals surface area (Å²) in [5.74, 6) is 4.21. The Morgan fingerprint density at radius 2 is 2.00 bits per heavy atom. The summed E-state index contributed by atoms with van der Waals surface area (Å²) in [6, 6.07) is 0. The van der Waals surface area contributed by atoms with Gasteiger partial charge in [0, 0.05) is 5.25 Å². The molecule has 0 heterocycles. The molecule has 15 heavy (non-hydrogen) atoms. The van der Waals surface area contributed by atoms with Gasteiger partial charge in [-0.3, -0.25) is 0 Å². The summed E-state index contributed by atoms with van der Waals surface area (Å²) >= 11 is 2.14. The fraction of sp³-hybridized carbons (Fsp3) is 1.00. The Kier molecular flexibility index (Phi) is 4.04. The average Bonchev–Trinajstić information content (AvgIpc) is 2.42. The summed E-state index contributed by atoms with van der Waals surface area (Å²) in [5, 5.41) is 0.968. The maximum Gasteiger partial charge on any atom is 0.0101 e. The highest BCUT2D eigenvalue weighted by molar-refractivity contribution is 7.99. The Hall–Kier alpha value is 0.350. The van der Waals surface area contributed by atoms with Gasteiger partial charge in [-0.25, -0.2) is 0 Å². The molecule has 88 valence electrons. The van der Waals surface area contributed by atoms with E-state index in [0.29, 0.717) is 0 Å². The first-order chi connectivity index (χ1) is 7.27. The Labute approximate surface area is 99.6 Å². The second kappa shape index (κ2) is 5.12. The van der Waals surface area contributed by atoms with Gasteiger partial charge in [0.25, 0.3) is 0 Å². The molecule has 0 amide bonds. The topological polar surface area (TPSA) is 0 Å². The van der Waals surface area contributed by atoms with Crippen LogP contribution in [0.2, 0.25) is 0 Å². The molecule has 0 spiro atoms. The van der Waals surface area contributed by atoms with Crippen molar-refractivity contribution in [3.05, 3.63) is 0 Å². The second-order valence-corrected chi connectivity index (χ2v) is 6.71. The molecule has 1 heteroatoms. The molecule has 0 aromatic carbocycles. The van der Waals surface area contributed by atoms with Gasteiger partial charge in [-0.05, 0) is 42.8 Å². The van der Waals surface area contributed by atoms with Crippen LogP contribution in [0.1, 0.15) is 52.4 Å². The van der Waals surface area contributed by atoms with Crippen molar-refractivity contribution in [1.82, 2.24) is 0 Å². The molecule has 2 saturated carbocycles. The van der Waals surface area contributed by atoms with Gasteiger partial charge in [0.1, 0.15) is 0 Å². The summed E-state index contributed by atoms with van der Waals surface area (Å²) in [5.41, 5.74) is 0. The lowest BCUT2D eigenvalue weighted by atomic mass is 9.72. The fourth-order valence-corrected chi connectivity index (χ4v) is 5.18. The van der Waals surface area contributed by atoms with Gasteiger partial charge in [-0.15, -0.1) is 0 Å². The number of hydrogen-bond donors (Lipinski definition) is 0. The van der Waals surface area contributed by atoms with E-state index in [0.717, 1.165) is 28.9 Å². The number of thioether (sulfide) groups is 1. The van der Waals surface area contributed by atoms with Crippen molar-refractivity contribution in [3.8, 4) is 0 Å². The molecule has 0 bridgehead atoms. The highest BCUT2D eigenvalue weighted by Gasteiger charge is 2.44. The van der Waals surface area contributed by atoms with Crippen LogP contribution in [0.25, 0.3) is 0 Å². The van der Waals surface area contributed by atoms with Crippen LogP contribution in [0.4, 0.5) is 0 Å². The van der Waals surface area contributed by atoms with Gasteiger partial charge in [0.2, 0.25) is 0 Å². The number of hydrogen-bond acceptors (Lipinski definition) is 1. The van der Waals surface area contributed by atoms with Crippen LogP contribution in [0.3, 0.4) is 0 Å². The molecule has 2 rings (SSSR count). The monoisotopic (exact) mass is 226 g/mol. The van der Waals surface area contributed by atoms with Crippen molar-refractivity contribution < 1.29 is 0 Å². The molecule has 0 saturated heterocycles. The molecule has 0 radical (unpaired) electrons. The molecule has 4 atom stereocenters. The molecule has 0 aromatic heterocycles. The molecule has 2 fully saturated rings. The van der Waals surface area contributed by atoms with E-state index in [1.165, 1.54) is 32.1 Å². The smallest absolute Gasteiger partial charge is 0.0101 e. The van der Waals surface area contributed by atoms with Crippen LogP contribution in [0.15, 0.2) is 0 Å². The van der Waals surface area contributed by atoms with Gasteiger partial charge in [0.15, 0.2) is 0 Å². The lowest BCUT2D eigenvalue weighted by molar-refractivity contribution is 0.172. The van der Waals surface area contributed by atoms with Crippen molar-refractivity contribution in [3.63, 3.8) is 0 Å². The van der Waals surface area contributed by atoms with Crippen molar-refractivity contribution >= 4 is 11.8 Å². The summed E-state index contributed by atoms with van der Waals surface area (Å²) < 4.78 is 0. The van der Waals surface area contributed by atoms with E-state index >= 15 is 0 Å². The third kappa shape index (κ3) is 2.23. The van der Waals surface area contributed by atoms with Crippen LogP contribution in [-0.4, -0.2) is 11.5 Å². The Morgan fingerprint density at radius 3 is 2.47 bits per heavy atom. The first-order valence-electron chi connectivity index (χ1n) is 6.80. The minimum Gasteiger partial charge on any atom is -0.161 e. The molecule has 0 nitrogen and oxygen atoms in total. The first-order valence-corrected chi connectivity index (χ1v) is 8.09. The van der Waals surface area contributed by atoms with Gasteiger partial charge in [-0.1, -0.05) is 39.5 Å². The van der Waals surface area contributed by atoms with E-state index in [-0.39, 0.29) is 0 Å². The fourth-order valence-electron chi connectivity index (χ4n) is 3.92. The lowest BCUT2D eigenvalue weighted by Gasteiger charge is -2.34. The standard InChI is InChI=1S/C14H26S/c1-4-6-12-9-13(11-7-5-8-11)10(2)14(12)15-3/h10-14H,4-9H2,1-3H3. The Bertz CT molecular complexity index is 196. The minimum atomic E-state index is 0.968. The van der Waals surface area contributed by atoms with E-state index in [1.54, 1.807) is 6.42 Å². The Morgan fingerprint density at radius 1 is 1.27 bits per heavy atom. The van der Waals surface area contributed by atoms with Gasteiger partial charge in [-0.2, -0.15) is 11.8 Å². The summed E-state index contributed by atoms with van der Waals surface area (Å²) in [6.45, 7) is 4.87. The predicted molar refractivity (Wildman–Crippen MR) is 70.3 cm³/mol. The van der Waals surface area contributed by atoms with Crippen molar-refractivity contribution in [2.24, 2.45) is 23.7 Å². The van der Waals surface area contributed by atoms with Crippen molar-refractivity contribution in [2.45, 2.75) is 57.6 Å². The third-order valence-corrected chi connectivity index (χ3v) is 6.28. The molecular formula is C14H26S. The zero-order valence-electron chi connectivity index (χ0n) is 10.5. The van der Waals surface area contributed by atoms with Gasteiger partial charge in [0.05, 0.1) is 0 Å². The van der Waals surface area contributed by atoms with E-state index in [9.17, 15) is 0 Å². The lowest BCUT2D eigenvalue weighted by Crippen LogP contribution is -2.26. The molecule has 2 aliphatic rings. The quantitative estimate of drug-likeness (QED) is 0.675. The van der Waals surface area contributed by atoms with Crippen LogP contribution >= 0.6 is 11.8 Å². The zero-order chi connectivity index (χ0) is 10.8. The highest BCUT2D eigenvalue weighted by Crippen LogP contribution is 2.51. The number of rotatable bonds is 4. The minimum absolute atomic E-state index is 0.968. The van der Waals surface area contributed by atoms with Crippen LogP contribution in [0, 0.1) is 23.7 Å². The maximum atomic E-state index is 2.53. The summed E-state index contributed by atoms with van der Waals surface area (Å²) in [6.07, 6.45) is 11.3. The third-order valence-electron chi connectivity index (χ3n) is 4.92. The normalized spacial score (nSPS) is 41.8. The van der Waals surface area contributed by atoms with Crippen LogP contribution < -0.4 is 0 Å². The Balaban J connectivity index is 1.97. The maximum absolute atomic E-state index is 2.53. The zero-order valence-corrected chi connectivity index (χ0v) is 11.4. The second-order valence-electron chi connectivity index (χ2n) is 5.70. The van der Waals surface area contributed by atoms with E-state index < -0.39 is 0 Å². The molecule has 0 N–H and O–H groups in total. The summed E-state index contributed by atoms with van der Waals surface area (Å²) in [7, 11) is 0. The molecule has 0 aliphatic heterocycles.